The summed E-state index contributed by atoms with van der Waals surface area (Å²) in [4.78, 5) is 11.7. The van der Waals surface area contributed by atoms with Crippen molar-refractivity contribution in [3.63, 3.8) is 0 Å². The van der Waals surface area contributed by atoms with E-state index >= 15 is 0 Å². The Morgan fingerprint density at radius 1 is 1.56 bits per heavy atom. The van der Waals surface area contributed by atoms with Crippen LogP contribution in [0.1, 0.15) is 40.0 Å². The highest BCUT2D eigenvalue weighted by molar-refractivity contribution is 7.99. The monoisotopic (exact) mass is 245 g/mol. The van der Waals surface area contributed by atoms with Gasteiger partial charge in [-0.1, -0.05) is 0 Å². The Balaban J connectivity index is 2.40. The fourth-order valence-corrected chi connectivity index (χ4v) is 2.83. The maximum Gasteiger partial charge on any atom is 0.307 e. The Hall–Kier alpha value is -0.220. The number of nitrogens with one attached hydrogen (secondary N) is 1. The smallest absolute Gasteiger partial charge is 0.307 e. The molecule has 16 heavy (non-hydrogen) atoms. The van der Waals surface area contributed by atoms with Crippen LogP contribution >= 0.6 is 11.8 Å². The minimum atomic E-state index is -0.372. The van der Waals surface area contributed by atoms with E-state index in [-0.39, 0.29) is 11.6 Å². The largest absolute Gasteiger partial charge is 0.460 e. The van der Waals surface area contributed by atoms with Crippen LogP contribution in [-0.4, -0.2) is 35.7 Å². The summed E-state index contributed by atoms with van der Waals surface area (Å²) in [5.74, 6) is -0.0828. The van der Waals surface area contributed by atoms with Gasteiger partial charge in [0.2, 0.25) is 0 Å². The molecule has 0 aliphatic carbocycles. The minimum Gasteiger partial charge on any atom is -0.460 e. The number of carbonyl (C=O) groups excluding carboxylic acids is 1. The summed E-state index contributed by atoms with van der Waals surface area (Å²) in [7, 11) is 0. The molecule has 3 nitrogen and oxygen atoms in total. The standard InChI is InChI=1S/C12H23NO2S/c1-12(2,3)15-11(14)8-10(16-4)9-6-5-7-13-9/h9-10,13H,5-8H2,1-4H3. The summed E-state index contributed by atoms with van der Waals surface area (Å²) in [6, 6.07) is 0.475. The third-order valence-corrected chi connectivity index (χ3v) is 3.74. The highest BCUT2D eigenvalue weighted by atomic mass is 32.2. The van der Waals surface area contributed by atoms with Crippen molar-refractivity contribution in [1.82, 2.24) is 5.32 Å². The lowest BCUT2D eigenvalue weighted by Crippen LogP contribution is -2.35. The van der Waals surface area contributed by atoms with Crippen LogP contribution in [0.5, 0.6) is 0 Å². The molecule has 1 heterocycles. The van der Waals surface area contributed by atoms with Crippen LogP contribution in [0, 0.1) is 0 Å². The Morgan fingerprint density at radius 3 is 2.69 bits per heavy atom. The summed E-state index contributed by atoms with van der Waals surface area (Å²) in [5, 5.41) is 3.79. The van der Waals surface area contributed by atoms with E-state index in [0.29, 0.717) is 17.7 Å². The molecule has 1 aliphatic heterocycles. The molecule has 0 spiro atoms. The molecule has 4 heteroatoms. The van der Waals surface area contributed by atoms with Crippen LogP contribution in [0.25, 0.3) is 0 Å². The number of hydrogen-bond donors (Lipinski definition) is 1. The van der Waals surface area contributed by atoms with E-state index in [2.05, 4.69) is 11.6 Å². The first-order valence-electron chi connectivity index (χ1n) is 5.90. The highest BCUT2D eigenvalue weighted by Crippen LogP contribution is 2.23. The van der Waals surface area contributed by atoms with E-state index in [1.165, 1.54) is 12.8 Å². The van der Waals surface area contributed by atoms with Gasteiger partial charge in [-0.25, -0.2) is 0 Å². The zero-order valence-corrected chi connectivity index (χ0v) is 11.5. The summed E-state index contributed by atoms with van der Waals surface area (Å²) in [6.45, 7) is 6.81. The molecule has 0 bridgehead atoms. The molecular formula is C12H23NO2S. The van der Waals surface area contributed by atoms with Gasteiger partial charge in [-0.3, -0.25) is 4.79 Å². The van der Waals surface area contributed by atoms with Crippen molar-refractivity contribution in [2.75, 3.05) is 12.8 Å². The Bertz CT molecular complexity index is 232. The molecule has 2 unspecified atom stereocenters. The summed E-state index contributed by atoms with van der Waals surface area (Å²) < 4.78 is 5.35. The van der Waals surface area contributed by atoms with Gasteiger partial charge in [-0.15, -0.1) is 0 Å². The van der Waals surface area contributed by atoms with Gasteiger partial charge in [0.15, 0.2) is 0 Å². The fourth-order valence-electron chi connectivity index (χ4n) is 1.97. The summed E-state index contributed by atoms with van der Waals surface area (Å²) >= 11 is 1.76. The second-order valence-electron chi connectivity index (χ2n) is 5.27. The minimum absolute atomic E-state index is 0.0828. The molecular weight excluding hydrogens is 222 g/mol. The van der Waals surface area contributed by atoms with E-state index in [9.17, 15) is 4.79 Å². The molecule has 1 rings (SSSR count). The zero-order valence-electron chi connectivity index (χ0n) is 10.7. The van der Waals surface area contributed by atoms with Gasteiger partial charge in [0, 0.05) is 11.3 Å². The topological polar surface area (TPSA) is 38.3 Å². The zero-order chi connectivity index (χ0) is 12.2. The van der Waals surface area contributed by atoms with Gasteiger partial charge < -0.3 is 10.1 Å². The quantitative estimate of drug-likeness (QED) is 0.771. The van der Waals surface area contributed by atoms with Crippen molar-refractivity contribution in [3.8, 4) is 0 Å². The predicted molar refractivity (Wildman–Crippen MR) is 68.8 cm³/mol. The first-order chi connectivity index (χ1) is 7.42. The van der Waals surface area contributed by atoms with Gasteiger partial charge in [-0.05, 0) is 46.4 Å². The Morgan fingerprint density at radius 2 is 2.25 bits per heavy atom. The van der Waals surface area contributed by atoms with Crippen LogP contribution in [0.15, 0.2) is 0 Å². The molecule has 0 aromatic rings. The summed E-state index contributed by atoms with van der Waals surface area (Å²) in [6.07, 6.45) is 4.97. The highest BCUT2D eigenvalue weighted by Gasteiger charge is 2.27. The van der Waals surface area contributed by atoms with Crippen molar-refractivity contribution in [2.45, 2.75) is 56.9 Å². The van der Waals surface area contributed by atoms with Crippen molar-refractivity contribution < 1.29 is 9.53 Å². The molecule has 1 saturated heterocycles. The third kappa shape index (κ3) is 4.74. The molecule has 0 aromatic carbocycles. The van der Waals surface area contributed by atoms with Crippen LogP contribution in [0.2, 0.25) is 0 Å². The maximum atomic E-state index is 11.7. The average Bonchev–Trinajstić information content (AvgIpc) is 2.63. The van der Waals surface area contributed by atoms with Crippen molar-refractivity contribution >= 4 is 17.7 Å². The van der Waals surface area contributed by atoms with Gasteiger partial charge in [-0.2, -0.15) is 11.8 Å². The molecule has 0 radical (unpaired) electrons. The lowest BCUT2D eigenvalue weighted by Gasteiger charge is -2.24. The van der Waals surface area contributed by atoms with Crippen LogP contribution < -0.4 is 5.32 Å². The molecule has 0 amide bonds. The number of carbonyl (C=O) groups is 1. The SMILES string of the molecule is CSC(CC(=O)OC(C)(C)C)C1CCCN1. The van der Waals surface area contributed by atoms with Crippen molar-refractivity contribution in [3.05, 3.63) is 0 Å². The Kier molecular flexibility index (Phi) is 5.12. The number of esters is 1. The first kappa shape index (κ1) is 13.8. The lowest BCUT2D eigenvalue weighted by atomic mass is 10.1. The van der Waals surface area contributed by atoms with Gasteiger partial charge in [0.25, 0.3) is 0 Å². The molecule has 2 atom stereocenters. The second-order valence-corrected chi connectivity index (χ2v) is 6.34. The molecule has 94 valence electrons. The normalized spacial score (nSPS) is 23.1. The van der Waals surface area contributed by atoms with E-state index in [4.69, 9.17) is 4.74 Å². The van der Waals surface area contributed by atoms with Gasteiger partial charge in [0.1, 0.15) is 5.60 Å². The molecule has 0 saturated carbocycles. The lowest BCUT2D eigenvalue weighted by molar-refractivity contribution is -0.154. The fraction of sp³-hybridized carbons (Fsp3) is 0.917. The van der Waals surface area contributed by atoms with Gasteiger partial charge >= 0.3 is 5.97 Å². The van der Waals surface area contributed by atoms with Crippen LogP contribution in [0.3, 0.4) is 0 Å². The average molecular weight is 245 g/mol. The van der Waals surface area contributed by atoms with E-state index in [1.54, 1.807) is 11.8 Å². The third-order valence-electron chi connectivity index (χ3n) is 2.64. The van der Waals surface area contributed by atoms with Crippen LogP contribution in [0.4, 0.5) is 0 Å². The number of thioether (sulfide) groups is 1. The molecule has 1 aliphatic rings. The molecule has 1 N–H and O–H groups in total. The Labute approximate surface area is 103 Å². The molecule has 1 fully saturated rings. The van der Waals surface area contributed by atoms with Gasteiger partial charge in [0.05, 0.1) is 6.42 Å². The number of ether oxygens (including phenoxy) is 1. The van der Waals surface area contributed by atoms with Crippen LogP contribution in [-0.2, 0) is 9.53 Å². The first-order valence-corrected chi connectivity index (χ1v) is 7.19. The van der Waals surface area contributed by atoms with Crippen molar-refractivity contribution in [1.29, 1.82) is 0 Å². The van der Waals surface area contributed by atoms with E-state index in [1.807, 2.05) is 20.8 Å². The second kappa shape index (κ2) is 5.92. The number of hydrogen-bond acceptors (Lipinski definition) is 4. The van der Waals surface area contributed by atoms with E-state index < -0.39 is 0 Å². The maximum absolute atomic E-state index is 11.7. The molecule has 0 aromatic heterocycles. The predicted octanol–water partition coefficient (Wildman–Crippen LogP) is 2.20. The van der Waals surface area contributed by atoms with Crippen molar-refractivity contribution in [2.24, 2.45) is 0 Å². The summed E-state index contributed by atoms with van der Waals surface area (Å²) in [5.41, 5.74) is -0.372. The van der Waals surface area contributed by atoms with E-state index in [0.717, 1.165) is 6.54 Å². The number of rotatable bonds is 4.